The van der Waals surface area contributed by atoms with Crippen molar-refractivity contribution in [3.63, 3.8) is 0 Å². The van der Waals surface area contributed by atoms with Crippen LogP contribution >= 0.6 is 34.9 Å². The number of benzene rings is 3. The van der Waals surface area contributed by atoms with Gasteiger partial charge in [0.15, 0.2) is 0 Å². The number of cyclic esters (lactones) is 1. The Labute approximate surface area is 211 Å². The first-order valence-electron chi connectivity index (χ1n) is 10.4. The second kappa shape index (κ2) is 8.35. The summed E-state index contributed by atoms with van der Waals surface area (Å²) in [7, 11) is 1.50. The highest BCUT2D eigenvalue weighted by Crippen LogP contribution is 2.46. The number of carbonyl (C=O) groups is 1. The van der Waals surface area contributed by atoms with E-state index in [-0.39, 0.29) is 17.0 Å². The van der Waals surface area contributed by atoms with Crippen molar-refractivity contribution in [2.75, 3.05) is 7.11 Å². The van der Waals surface area contributed by atoms with Crippen LogP contribution in [0.3, 0.4) is 0 Å². The van der Waals surface area contributed by atoms with Crippen LogP contribution in [0, 0.1) is 0 Å². The third-order valence-electron chi connectivity index (χ3n) is 5.93. The molecule has 3 heterocycles. The molecule has 0 bridgehead atoms. The van der Waals surface area contributed by atoms with Gasteiger partial charge in [0.05, 0.1) is 34.1 Å². The van der Waals surface area contributed by atoms with E-state index < -0.39 is 11.8 Å². The third-order valence-corrected chi connectivity index (χ3v) is 7.47. The van der Waals surface area contributed by atoms with Gasteiger partial charge in [0, 0.05) is 17.6 Å². The topological polar surface area (TPSA) is 107 Å². The molecule has 1 atom stereocenters. The Morgan fingerprint density at radius 2 is 1.89 bits per heavy atom. The molecule has 1 unspecified atom stereocenters. The maximum Gasteiger partial charge on any atom is 0.342 e. The fraction of sp³-hybridized carbons (Fsp3) is 0.125. The number of aromatic nitrogens is 4. The number of ether oxygens (including phenoxy) is 2. The molecule has 1 N–H and O–H groups in total. The summed E-state index contributed by atoms with van der Waals surface area (Å²) in [5, 5.41) is 16.2. The number of carbonyl (C=O) groups excluding carboxylic acids is 1. The van der Waals surface area contributed by atoms with E-state index in [0.29, 0.717) is 28.0 Å². The minimum Gasteiger partial charge on any atom is -0.495 e. The molecule has 2 aromatic heterocycles. The van der Waals surface area contributed by atoms with Crippen molar-refractivity contribution in [3.8, 4) is 5.75 Å². The summed E-state index contributed by atoms with van der Waals surface area (Å²) < 4.78 is 24.3. The van der Waals surface area contributed by atoms with Gasteiger partial charge in [0.2, 0.25) is 0 Å². The maximum absolute atomic E-state index is 13.3. The number of fused-ring (bicyclic) bond motifs is 2. The molecule has 0 saturated heterocycles. The first kappa shape index (κ1) is 22.1. The van der Waals surface area contributed by atoms with E-state index in [1.54, 1.807) is 36.4 Å². The largest absolute Gasteiger partial charge is 0.495 e. The van der Waals surface area contributed by atoms with Crippen molar-refractivity contribution in [2.24, 2.45) is 0 Å². The fourth-order valence-corrected chi connectivity index (χ4v) is 5.62. The van der Waals surface area contributed by atoms with Crippen LogP contribution in [0.2, 0.25) is 5.02 Å². The molecule has 0 radical (unpaired) electrons. The predicted molar refractivity (Wildman–Crippen MR) is 133 cm³/mol. The lowest BCUT2D eigenvalue weighted by atomic mass is 9.88. The van der Waals surface area contributed by atoms with Gasteiger partial charge in [-0.1, -0.05) is 28.2 Å². The van der Waals surface area contributed by atoms with Gasteiger partial charge in [0.25, 0.3) is 5.79 Å². The molecule has 11 heteroatoms. The molecule has 6 rings (SSSR count). The SMILES string of the molecule is COc1ccc(C2(O)OC(=O)C(c3ccc4nsnc4c3)=C2Cc2ccc3nnsc3c2)cc1Cl. The average molecular weight is 523 g/mol. The molecular formula is C24H15ClN4O4S2. The quantitative estimate of drug-likeness (QED) is 0.329. The van der Waals surface area contributed by atoms with E-state index in [0.717, 1.165) is 33.0 Å². The Kier molecular flexibility index (Phi) is 5.26. The summed E-state index contributed by atoms with van der Waals surface area (Å²) in [6, 6.07) is 15.9. The van der Waals surface area contributed by atoms with E-state index in [2.05, 4.69) is 18.3 Å². The second-order valence-electron chi connectivity index (χ2n) is 7.96. The molecule has 0 fully saturated rings. The molecular weight excluding hydrogens is 508 g/mol. The summed E-state index contributed by atoms with van der Waals surface area (Å²) in [5.74, 6) is -2.23. The van der Waals surface area contributed by atoms with E-state index in [4.69, 9.17) is 21.1 Å². The van der Waals surface area contributed by atoms with Crippen molar-refractivity contribution in [1.82, 2.24) is 18.3 Å². The first-order valence-corrected chi connectivity index (χ1v) is 12.3. The van der Waals surface area contributed by atoms with Gasteiger partial charge < -0.3 is 14.6 Å². The molecule has 5 aromatic rings. The predicted octanol–water partition coefficient (Wildman–Crippen LogP) is 4.76. The molecule has 0 aliphatic carbocycles. The smallest absolute Gasteiger partial charge is 0.342 e. The number of aliphatic hydroxyl groups is 1. The van der Waals surface area contributed by atoms with Gasteiger partial charge in [0.1, 0.15) is 22.3 Å². The Morgan fingerprint density at radius 3 is 2.71 bits per heavy atom. The monoisotopic (exact) mass is 522 g/mol. The summed E-state index contributed by atoms with van der Waals surface area (Å²) in [4.78, 5) is 13.3. The molecule has 1 aliphatic rings. The summed E-state index contributed by atoms with van der Waals surface area (Å²) in [6.07, 6.45) is 0.239. The third kappa shape index (κ3) is 3.66. The number of esters is 1. The van der Waals surface area contributed by atoms with Crippen LogP contribution in [0.25, 0.3) is 26.8 Å². The summed E-state index contributed by atoms with van der Waals surface area (Å²) in [6.45, 7) is 0. The van der Waals surface area contributed by atoms with Crippen molar-refractivity contribution in [3.05, 3.63) is 81.9 Å². The Balaban J connectivity index is 1.55. The van der Waals surface area contributed by atoms with E-state index in [9.17, 15) is 9.90 Å². The normalized spacial score (nSPS) is 18.0. The van der Waals surface area contributed by atoms with Crippen LogP contribution in [0.5, 0.6) is 5.75 Å². The highest BCUT2D eigenvalue weighted by Gasteiger charge is 2.48. The van der Waals surface area contributed by atoms with Gasteiger partial charge in [-0.25, -0.2) is 4.79 Å². The molecule has 1 aliphatic heterocycles. The lowest BCUT2D eigenvalue weighted by molar-refractivity contribution is -0.185. The Hall–Kier alpha value is -3.44. The second-order valence-corrected chi connectivity index (χ2v) is 9.68. The number of hydrogen-bond acceptors (Lipinski definition) is 10. The van der Waals surface area contributed by atoms with Gasteiger partial charge in [-0.2, -0.15) is 8.75 Å². The zero-order valence-electron chi connectivity index (χ0n) is 18.1. The van der Waals surface area contributed by atoms with Crippen LogP contribution in [-0.2, 0) is 21.7 Å². The van der Waals surface area contributed by atoms with E-state index >= 15 is 0 Å². The van der Waals surface area contributed by atoms with E-state index in [1.807, 2.05) is 18.2 Å². The van der Waals surface area contributed by atoms with Crippen LogP contribution in [-0.4, -0.2) is 36.5 Å². The van der Waals surface area contributed by atoms with Gasteiger partial charge in [-0.3, -0.25) is 0 Å². The standard InChI is InChI=1S/C24H15ClN4O4S2/c1-32-20-7-4-14(11-16(20)25)24(31)15(8-12-2-5-18-21(9-12)34-29-26-18)22(23(30)33-24)13-3-6-17-19(10-13)28-35-27-17/h2-7,9-11,31H,8H2,1H3. The average Bonchev–Trinajstić information content (AvgIpc) is 3.57. The molecule has 0 saturated carbocycles. The maximum atomic E-state index is 13.3. The highest BCUT2D eigenvalue weighted by atomic mass is 35.5. The number of halogens is 1. The molecule has 174 valence electrons. The molecule has 8 nitrogen and oxygen atoms in total. The number of nitrogens with zero attached hydrogens (tertiary/aromatic N) is 4. The number of rotatable bonds is 5. The minimum absolute atomic E-state index is 0.239. The van der Waals surface area contributed by atoms with Crippen LogP contribution < -0.4 is 4.74 Å². The summed E-state index contributed by atoms with van der Waals surface area (Å²) in [5.41, 5.74) is 4.61. The highest BCUT2D eigenvalue weighted by molar-refractivity contribution is 7.12. The van der Waals surface area contributed by atoms with Crippen molar-refractivity contribution < 1.29 is 19.4 Å². The van der Waals surface area contributed by atoms with Gasteiger partial charge in [-0.05, 0) is 65.1 Å². The van der Waals surface area contributed by atoms with Crippen molar-refractivity contribution in [1.29, 1.82) is 0 Å². The molecule has 0 amide bonds. The molecule has 35 heavy (non-hydrogen) atoms. The Morgan fingerprint density at radius 1 is 1.06 bits per heavy atom. The zero-order valence-corrected chi connectivity index (χ0v) is 20.4. The zero-order chi connectivity index (χ0) is 24.2. The Bertz CT molecular complexity index is 1660. The van der Waals surface area contributed by atoms with Gasteiger partial charge in [-0.15, -0.1) is 5.10 Å². The number of hydrogen-bond donors (Lipinski definition) is 1. The first-order chi connectivity index (χ1) is 17.0. The fourth-order valence-electron chi connectivity index (χ4n) is 4.22. The summed E-state index contributed by atoms with van der Waals surface area (Å²) >= 11 is 8.73. The lowest BCUT2D eigenvalue weighted by Gasteiger charge is -2.26. The lowest BCUT2D eigenvalue weighted by Crippen LogP contribution is -2.29. The molecule has 0 spiro atoms. The van der Waals surface area contributed by atoms with Crippen LogP contribution in [0.15, 0.2) is 60.2 Å². The van der Waals surface area contributed by atoms with Crippen LogP contribution in [0.1, 0.15) is 16.7 Å². The van der Waals surface area contributed by atoms with Gasteiger partial charge >= 0.3 is 5.97 Å². The minimum atomic E-state index is -2.03. The molecule has 3 aromatic carbocycles. The van der Waals surface area contributed by atoms with Crippen molar-refractivity contribution >= 4 is 67.7 Å². The van der Waals surface area contributed by atoms with Crippen LogP contribution in [0.4, 0.5) is 0 Å². The number of methoxy groups -OCH3 is 1. The van der Waals surface area contributed by atoms with E-state index in [1.165, 1.54) is 18.6 Å². The van der Waals surface area contributed by atoms with Crippen molar-refractivity contribution in [2.45, 2.75) is 12.2 Å².